The van der Waals surface area contributed by atoms with Crippen LogP contribution in [-0.4, -0.2) is 31.1 Å². The van der Waals surface area contributed by atoms with E-state index in [1.165, 1.54) is 37.2 Å². The van der Waals surface area contributed by atoms with E-state index >= 15 is 0 Å². The Hall–Kier alpha value is -0.380. The van der Waals surface area contributed by atoms with Crippen LogP contribution in [0.3, 0.4) is 0 Å². The molecule has 2 unspecified atom stereocenters. The molecule has 3 heteroatoms. The van der Waals surface area contributed by atoms with Crippen molar-refractivity contribution in [2.75, 3.05) is 20.1 Å². The van der Waals surface area contributed by atoms with E-state index in [1.54, 1.807) is 0 Å². The van der Waals surface area contributed by atoms with E-state index in [9.17, 15) is 0 Å². The molecule has 2 nitrogen and oxygen atoms in total. The molecule has 0 aromatic carbocycles. The maximum absolute atomic E-state index is 3.56. The lowest BCUT2D eigenvalue weighted by atomic mass is 10.1. The Morgan fingerprint density at radius 2 is 2.50 bits per heavy atom. The first-order valence-electron chi connectivity index (χ1n) is 6.24. The number of rotatable bonds is 5. The van der Waals surface area contributed by atoms with Crippen molar-refractivity contribution in [2.24, 2.45) is 0 Å². The summed E-state index contributed by atoms with van der Waals surface area (Å²) in [5.41, 5.74) is 0. The molecule has 2 rings (SSSR count). The molecular formula is C13H22N2S. The summed E-state index contributed by atoms with van der Waals surface area (Å²) >= 11 is 1.86. The monoisotopic (exact) mass is 238 g/mol. The number of hydrogen-bond acceptors (Lipinski definition) is 3. The zero-order valence-electron chi connectivity index (χ0n) is 10.3. The Bertz CT molecular complexity index is 291. The number of nitrogens with one attached hydrogen (secondary N) is 1. The first-order chi connectivity index (χ1) is 7.77. The number of thiophene rings is 1. The second-order valence-corrected chi connectivity index (χ2v) is 5.73. The summed E-state index contributed by atoms with van der Waals surface area (Å²) in [4.78, 5) is 3.94. The van der Waals surface area contributed by atoms with Crippen molar-refractivity contribution in [1.29, 1.82) is 0 Å². The van der Waals surface area contributed by atoms with E-state index in [0.29, 0.717) is 6.04 Å². The summed E-state index contributed by atoms with van der Waals surface area (Å²) < 4.78 is 0. The van der Waals surface area contributed by atoms with Gasteiger partial charge in [-0.05, 0) is 57.8 Å². The minimum absolute atomic E-state index is 0.557. The van der Waals surface area contributed by atoms with E-state index < -0.39 is 0 Å². The molecule has 16 heavy (non-hydrogen) atoms. The average Bonchev–Trinajstić information content (AvgIpc) is 2.96. The summed E-state index contributed by atoms with van der Waals surface area (Å²) in [6.45, 7) is 4.71. The van der Waals surface area contributed by atoms with Crippen molar-refractivity contribution in [3.05, 3.63) is 22.4 Å². The minimum Gasteiger partial charge on any atom is -0.314 e. The van der Waals surface area contributed by atoms with Crippen LogP contribution in [0.15, 0.2) is 17.5 Å². The van der Waals surface area contributed by atoms with E-state index in [1.807, 2.05) is 11.3 Å². The van der Waals surface area contributed by atoms with Gasteiger partial charge in [-0.15, -0.1) is 11.3 Å². The summed E-state index contributed by atoms with van der Waals surface area (Å²) in [5, 5.41) is 5.73. The highest BCUT2D eigenvalue weighted by Gasteiger charge is 2.17. The summed E-state index contributed by atoms with van der Waals surface area (Å²) in [6.07, 6.45) is 4.00. The normalized spacial score (nSPS) is 22.8. The summed E-state index contributed by atoms with van der Waals surface area (Å²) in [5.74, 6) is 0. The van der Waals surface area contributed by atoms with Gasteiger partial charge in [0, 0.05) is 17.0 Å². The molecule has 1 aromatic rings. The fourth-order valence-corrected chi connectivity index (χ4v) is 3.15. The minimum atomic E-state index is 0.557. The summed E-state index contributed by atoms with van der Waals surface area (Å²) in [6, 6.07) is 5.70. The molecule has 0 spiro atoms. The molecule has 1 aliphatic rings. The fraction of sp³-hybridized carbons (Fsp3) is 0.692. The van der Waals surface area contributed by atoms with Crippen LogP contribution < -0.4 is 5.32 Å². The second kappa shape index (κ2) is 5.80. The Labute approximate surface area is 103 Å². The van der Waals surface area contributed by atoms with Crippen molar-refractivity contribution in [2.45, 2.75) is 38.3 Å². The molecule has 1 fully saturated rings. The van der Waals surface area contributed by atoms with Gasteiger partial charge < -0.3 is 5.32 Å². The van der Waals surface area contributed by atoms with Crippen LogP contribution in [0, 0.1) is 0 Å². The predicted octanol–water partition coefficient (Wildman–Crippen LogP) is 2.88. The molecule has 0 aliphatic carbocycles. The maximum Gasteiger partial charge on any atom is 0.0410 e. The molecule has 90 valence electrons. The predicted molar refractivity (Wildman–Crippen MR) is 71.0 cm³/mol. The molecule has 1 aliphatic heterocycles. The zero-order valence-corrected chi connectivity index (χ0v) is 11.1. The number of hydrogen-bond donors (Lipinski definition) is 1. The molecular weight excluding hydrogens is 216 g/mol. The third-order valence-corrected chi connectivity index (χ3v) is 4.65. The lowest BCUT2D eigenvalue weighted by Gasteiger charge is -2.25. The lowest BCUT2D eigenvalue weighted by molar-refractivity contribution is 0.251. The van der Waals surface area contributed by atoms with Crippen LogP contribution in [0.1, 0.15) is 37.1 Å². The topological polar surface area (TPSA) is 15.3 Å². The van der Waals surface area contributed by atoms with Gasteiger partial charge in [0.1, 0.15) is 0 Å². The molecule has 0 bridgehead atoms. The third-order valence-electron chi connectivity index (χ3n) is 3.61. The third kappa shape index (κ3) is 3.06. The first kappa shape index (κ1) is 12.1. The van der Waals surface area contributed by atoms with Crippen LogP contribution >= 0.6 is 11.3 Å². The SMILES string of the molecule is CC(c1cccs1)N(C)CCC1CCCN1. The van der Waals surface area contributed by atoms with Crippen molar-refractivity contribution in [3.8, 4) is 0 Å². The number of nitrogens with zero attached hydrogens (tertiary/aromatic N) is 1. The van der Waals surface area contributed by atoms with E-state index in [2.05, 4.69) is 41.7 Å². The van der Waals surface area contributed by atoms with Gasteiger partial charge in [-0.3, -0.25) is 4.90 Å². The molecule has 2 heterocycles. The first-order valence-corrected chi connectivity index (χ1v) is 7.12. The highest BCUT2D eigenvalue weighted by Crippen LogP contribution is 2.23. The molecule has 0 amide bonds. The Balaban J connectivity index is 1.76. The smallest absolute Gasteiger partial charge is 0.0410 e. The van der Waals surface area contributed by atoms with E-state index in [4.69, 9.17) is 0 Å². The lowest BCUT2D eigenvalue weighted by Crippen LogP contribution is -2.29. The van der Waals surface area contributed by atoms with Gasteiger partial charge in [0.2, 0.25) is 0 Å². The van der Waals surface area contributed by atoms with Crippen LogP contribution in [0.5, 0.6) is 0 Å². The van der Waals surface area contributed by atoms with Crippen LogP contribution in [0.25, 0.3) is 0 Å². The Kier molecular flexibility index (Phi) is 4.38. The fourth-order valence-electron chi connectivity index (χ4n) is 2.30. The largest absolute Gasteiger partial charge is 0.314 e. The molecule has 0 saturated carbocycles. The molecule has 0 radical (unpaired) electrons. The van der Waals surface area contributed by atoms with E-state index in [0.717, 1.165) is 6.04 Å². The quantitative estimate of drug-likeness (QED) is 0.848. The van der Waals surface area contributed by atoms with Crippen molar-refractivity contribution in [1.82, 2.24) is 10.2 Å². The van der Waals surface area contributed by atoms with Crippen molar-refractivity contribution in [3.63, 3.8) is 0 Å². The van der Waals surface area contributed by atoms with Crippen LogP contribution in [-0.2, 0) is 0 Å². The van der Waals surface area contributed by atoms with Gasteiger partial charge in [-0.2, -0.15) is 0 Å². The maximum atomic E-state index is 3.56. The molecule has 1 saturated heterocycles. The summed E-state index contributed by atoms with van der Waals surface area (Å²) in [7, 11) is 2.24. The van der Waals surface area contributed by atoms with Gasteiger partial charge >= 0.3 is 0 Å². The molecule has 1 N–H and O–H groups in total. The van der Waals surface area contributed by atoms with Crippen LogP contribution in [0.4, 0.5) is 0 Å². The highest BCUT2D eigenvalue weighted by atomic mass is 32.1. The van der Waals surface area contributed by atoms with Gasteiger partial charge in [-0.25, -0.2) is 0 Å². The zero-order chi connectivity index (χ0) is 11.4. The van der Waals surface area contributed by atoms with Gasteiger partial charge in [-0.1, -0.05) is 6.07 Å². The van der Waals surface area contributed by atoms with Gasteiger partial charge in [0.05, 0.1) is 0 Å². The Morgan fingerprint density at radius 3 is 3.12 bits per heavy atom. The molecule has 2 atom stereocenters. The second-order valence-electron chi connectivity index (χ2n) is 4.75. The average molecular weight is 238 g/mol. The molecule has 1 aromatic heterocycles. The van der Waals surface area contributed by atoms with Gasteiger partial charge in [0.25, 0.3) is 0 Å². The van der Waals surface area contributed by atoms with Gasteiger partial charge in [0.15, 0.2) is 0 Å². The van der Waals surface area contributed by atoms with E-state index in [-0.39, 0.29) is 0 Å². The standard InChI is InChI=1S/C13H22N2S/c1-11(13-6-4-10-16-13)15(2)9-7-12-5-3-8-14-12/h4,6,10-12,14H,3,5,7-9H2,1-2H3. The van der Waals surface area contributed by atoms with Crippen molar-refractivity contribution < 1.29 is 0 Å². The van der Waals surface area contributed by atoms with Crippen molar-refractivity contribution >= 4 is 11.3 Å². The highest BCUT2D eigenvalue weighted by molar-refractivity contribution is 7.10. The van der Waals surface area contributed by atoms with Crippen LogP contribution in [0.2, 0.25) is 0 Å². The Morgan fingerprint density at radius 1 is 1.62 bits per heavy atom.